The molecule has 0 saturated carbocycles. The predicted octanol–water partition coefficient (Wildman–Crippen LogP) is 3.74. The maximum absolute atomic E-state index is 12.7. The lowest BCUT2D eigenvalue weighted by molar-refractivity contribution is -0.132. The van der Waals surface area contributed by atoms with Gasteiger partial charge in [0.05, 0.1) is 10.9 Å². The zero-order chi connectivity index (χ0) is 20.5. The standard InChI is InChI=1S/C24H24N4O2/c29-23(10-9-22-26-21-8-4-2-6-18(21)24(30)27-22)28-13-11-16(12-14-28)19-15-25-20-7-3-1-5-17(19)20/h1-8,15-16,25H,9-14H2,(H,26,27,30). The van der Waals surface area contributed by atoms with Crippen molar-refractivity contribution in [3.05, 3.63) is 76.5 Å². The molecule has 3 heterocycles. The number of aromatic amines is 2. The van der Waals surface area contributed by atoms with Gasteiger partial charge in [0.1, 0.15) is 5.82 Å². The Hall–Kier alpha value is -3.41. The smallest absolute Gasteiger partial charge is 0.258 e. The minimum absolute atomic E-state index is 0.128. The van der Waals surface area contributed by atoms with Crippen molar-refractivity contribution in [3.8, 4) is 0 Å². The minimum atomic E-state index is -0.150. The first-order valence-corrected chi connectivity index (χ1v) is 10.5. The summed E-state index contributed by atoms with van der Waals surface area (Å²) in [4.78, 5) is 37.5. The van der Waals surface area contributed by atoms with E-state index in [1.54, 1.807) is 6.07 Å². The molecule has 0 radical (unpaired) electrons. The van der Waals surface area contributed by atoms with Crippen molar-refractivity contribution >= 4 is 27.7 Å². The molecule has 1 saturated heterocycles. The van der Waals surface area contributed by atoms with Gasteiger partial charge in [-0.15, -0.1) is 0 Å². The molecular weight excluding hydrogens is 376 g/mol. The van der Waals surface area contributed by atoms with E-state index in [1.807, 2.05) is 29.2 Å². The van der Waals surface area contributed by atoms with Crippen LogP contribution in [0.5, 0.6) is 0 Å². The van der Waals surface area contributed by atoms with Gasteiger partial charge in [-0.2, -0.15) is 0 Å². The highest BCUT2D eigenvalue weighted by molar-refractivity contribution is 5.84. The molecule has 1 fully saturated rings. The number of carbonyl (C=O) groups excluding carboxylic acids is 1. The maximum atomic E-state index is 12.7. The van der Waals surface area contributed by atoms with E-state index in [1.165, 1.54) is 16.5 Å². The number of amides is 1. The molecule has 30 heavy (non-hydrogen) atoms. The highest BCUT2D eigenvalue weighted by atomic mass is 16.2. The van der Waals surface area contributed by atoms with Crippen LogP contribution in [0.25, 0.3) is 21.8 Å². The number of likely N-dealkylation sites (tertiary alicyclic amines) is 1. The molecular formula is C24H24N4O2. The van der Waals surface area contributed by atoms with Crippen molar-refractivity contribution < 1.29 is 4.79 Å². The second kappa shape index (κ2) is 7.78. The van der Waals surface area contributed by atoms with Gasteiger partial charge in [0.25, 0.3) is 5.56 Å². The Labute approximate surface area is 173 Å². The van der Waals surface area contributed by atoms with Gasteiger partial charge < -0.3 is 14.9 Å². The average Bonchev–Trinajstić information content (AvgIpc) is 3.22. The van der Waals surface area contributed by atoms with Crippen LogP contribution in [-0.4, -0.2) is 38.8 Å². The van der Waals surface area contributed by atoms with Gasteiger partial charge in [0.15, 0.2) is 0 Å². The Balaban J connectivity index is 1.21. The van der Waals surface area contributed by atoms with Crippen molar-refractivity contribution in [2.45, 2.75) is 31.6 Å². The number of fused-ring (bicyclic) bond motifs is 2. The summed E-state index contributed by atoms with van der Waals surface area (Å²) in [5.41, 5.74) is 3.05. The van der Waals surface area contributed by atoms with E-state index >= 15 is 0 Å². The topological polar surface area (TPSA) is 81.8 Å². The number of hydrogen-bond acceptors (Lipinski definition) is 3. The highest BCUT2D eigenvalue weighted by Crippen LogP contribution is 2.33. The van der Waals surface area contributed by atoms with E-state index in [0.717, 1.165) is 25.9 Å². The summed E-state index contributed by atoms with van der Waals surface area (Å²) < 4.78 is 0. The fraction of sp³-hybridized carbons (Fsp3) is 0.292. The normalized spacial score (nSPS) is 15.1. The van der Waals surface area contributed by atoms with Crippen LogP contribution in [0.1, 0.15) is 36.6 Å². The third-order valence-electron chi connectivity index (χ3n) is 6.15. The van der Waals surface area contributed by atoms with Gasteiger partial charge >= 0.3 is 0 Å². The molecule has 0 aliphatic carbocycles. The summed E-state index contributed by atoms with van der Waals surface area (Å²) >= 11 is 0. The van der Waals surface area contributed by atoms with Crippen LogP contribution in [0.3, 0.4) is 0 Å². The Morgan fingerprint density at radius 3 is 2.60 bits per heavy atom. The number of para-hydroxylation sites is 2. The van der Waals surface area contributed by atoms with E-state index in [9.17, 15) is 9.59 Å². The van der Waals surface area contributed by atoms with Gasteiger partial charge in [-0.3, -0.25) is 9.59 Å². The highest BCUT2D eigenvalue weighted by Gasteiger charge is 2.25. The molecule has 1 amide bonds. The molecule has 0 spiro atoms. The van der Waals surface area contributed by atoms with Crippen LogP contribution in [0.15, 0.2) is 59.5 Å². The summed E-state index contributed by atoms with van der Waals surface area (Å²) in [6.45, 7) is 1.54. The van der Waals surface area contributed by atoms with Crippen molar-refractivity contribution in [2.75, 3.05) is 13.1 Å². The Morgan fingerprint density at radius 1 is 1.03 bits per heavy atom. The zero-order valence-electron chi connectivity index (χ0n) is 16.7. The first kappa shape index (κ1) is 18.6. The van der Waals surface area contributed by atoms with E-state index in [0.29, 0.717) is 35.5 Å². The fourth-order valence-corrected chi connectivity index (χ4v) is 4.51. The number of piperidine rings is 1. The molecule has 0 bridgehead atoms. The summed E-state index contributed by atoms with van der Waals surface area (Å²) in [5, 5.41) is 1.86. The van der Waals surface area contributed by atoms with Crippen LogP contribution in [0.2, 0.25) is 0 Å². The molecule has 4 aromatic rings. The third kappa shape index (κ3) is 3.49. The first-order chi connectivity index (χ1) is 14.7. The number of H-pyrrole nitrogens is 2. The predicted molar refractivity (Wildman–Crippen MR) is 118 cm³/mol. The Bertz CT molecular complexity index is 1260. The number of benzene rings is 2. The van der Waals surface area contributed by atoms with E-state index < -0.39 is 0 Å². The lowest BCUT2D eigenvalue weighted by atomic mass is 9.89. The van der Waals surface area contributed by atoms with Crippen molar-refractivity contribution in [1.29, 1.82) is 0 Å². The largest absolute Gasteiger partial charge is 0.361 e. The van der Waals surface area contributed by atoms with E-state index in [2.05, 4.69) is 39.3 Å². The van der Waals surface area contributed by atoms with Gasteiger partial charge in [0.2, 0.25) is 5.91 Å². The molecule has 2 aromatic carbocycles. The monoisotopic (exact) mass is 400 g/mol. The van der Waals surface area contributed by atoms with Crippen LogP contribution >= 0.6 is 0 Å². The minimum Gasteiger partial charge on any atom is -0.361 e. The SMILES string of the molecule is O=C(CCc1nc2ccccc2c(=O)[nH]1)N1CCC(c2c[nH]c3ccccc23)CC1. The lowest BCUT2D eigenvalue weighted by Crippen LogP contribution is -2.38. The van der Waals surface area contributed by atoms with Gasteiger partial charge in [0, 0.05) is 43.0 Å². The number of hydrogen-bond donors (Lipinski definition) is 2. The first-order valence-electron chi connectivity index (χ1n) is 10.5. The van der Waals surface area contributed by atoms with Crippen LogP contribution in [-0.2, 0) is 11.2 Å². The second-order valence-corrected chi connectivity index (χ2v) is 7.97. The van der Waals surface area contributed by atoms with Crippen molar-refractivity contribution in [3.63, 3.8) is 0 Å². The van der Waals surface area contributed by atoms with Gasteiger partial charge in [-0.05, 0) is 42.5 Å². The lowest BCUT2D eigenvalue weighted by Gasteiger charge is -2.32. The maximum Gasteiger partial charge on any atom is 0.258 e. The molecule has 1 aliphatic heterocycles. The quantitative estimate of drug-likeness (QED) is 0.547. The number of carbonyl (C=O) groups is 1. The van der Waals surface area contributed by atoms with Crippen molar-refractivity contribution in [2.24, 2.45) is 0 Å². The van der Waals surface area contributed by atoms with Crippen LogP contribution < -0.4 is 5.56 Å². The molecule has 6 nitrogen and oxygen atoms in total. The Morgan fingerprint density at radius 2 is 1.77 bits per heavy atom. The van der Waals surface area contributed by atoms with E-state index in [-0.39, 0.29) is 11.5 Å². The Kier molecular flexibility index (Phi) is 4.83. The van der Waals surface area contributed by atoms with Gasteiger partial charge in [-0.1, -0.05) is 30.3 Å². The summed E-state index contributed by atoms with van der Waals surface area (Å²) in [6.07, 6.45) is 4.87. The summed E-state index contributed by atoms with van der Waals surface area (Å²) in [7, 11) is 0. The van der Waals surface area contributed by atoms with Crippen LogP contribution in [0.4, 0.5) is 0 Å². The number of rotatable bonds is 4. The zero-order valence-corrected chi connectivity index (χ0v) is 16.7. The second-order valence-electron chi connectivity index (χ2n) is 7.97. The van der Waals surface area contributed by atoms with E-state index in [4.69, 9.17) is 0 Å². The average molecular weight is 400 g/mol. The molecule has 2 N–H and O–H groups in total. The summed E-state index contributed by atoms with van der Waals surface area (Å²) in [6, 6.07) is 15.6. The van der Waals surface area contributed by atoms with Gasteiger partial charge in [-0.25, -0.2) is 4.98 Å². The molecule has 6 heteroatoms. The summed E-state index contributed by atoms with van der Waals surface area (Å²) in [5.74, 6) is 1.17. The third-order valence-corrected chi connectivity index (χ3v) is 6.15. The number of aryl methyl sites for hydroxylation is 1. The number of nitrogens with zero attached hydrogens (tertiary/aromatic N) is 2. The number of nitrogens with one attached hydrogen (secondary N) is 2. The fourth-order valence-electron chi connectivity index (χ4n) is 4.51. The molecule has 0 atom stereocenters. The molecule has 2 aromatic heterocycles. The number of aromatic nitrogens is 3. The molecule has 152 valence electrons. The van der Waals surface area contributed by atoms with Crippen molar-refractivity contribution in [1.82, 2.24) is 19.9 Å². The molecule has 1 aliphatic rings. The molecule has 0 unspecified atom stereocenters. The molecule has 5 rings (SSSR count). The van der Waals surface area contributed by atoms with Crippen LogP contribution in [0, 0.1) is 0 Å².